The van der Waals surface area contributed by atoms with Crippen LogP contribution in [0.2, 0.25) is 0 Å². The summed E-state index contributed by atoms with van der Waals surface area (Å²) in [7, 11) is 1.41. The number of nitrogens with zero attached hydrogens (tertiary/aromatic N) is 1. The van der Waals surface area contributed by atoms with Crippen LogP contribution in [0.3, 0.4) is 0 Å². The molecule has 2 aromatic carbocycles. The van der Waals surface area contributed by atoms with Crippen molar-refractivity contribution in [2.24, 2.45) is 5.41 Å². The summed E-state index contributed by atoms with van der Waals surface area (Å²) >= 11 is 0. The number of rotatable bonds is 2. The first-order valence-corrected chi connectivity index (χ1v) is 9.56. The Morgan fingerprint density at radius 3 is 2.48 bits per heavy atom. The molecule has 1 aliphatic heterocycles. The van der Waals surface area contributed by atoms with Gasteiger partial charge in [0.25, 0.3) is 5.91 Å². The van der Waals surface area contributed by atoms with Crippen molar-refractivity contribution in [3.05, 3.63) is 70.3 Å². The number of benzene rings is 2. The molecule has 4 heteroatoms. The number of aryl methyl sites for hydroxylation is 2. The number of esters is 1. The van der Waals surface area contributed by atoms with E-state index in [4.69, 9.17) is 4.74 Å². The Morgan fingerprint density at radius 1 is 1.00 bits per heavy atom. The van der Waals surface area contributed by atoms with Crippen molar-refractivity contribution in [3.63, 3.8) is 0 Å². The van der Waals surface area contributed by atoms with Crippen molar-refractivity contribution in [2.75, 3.05) is 20.2 Å². The summed E-state index contributed by atoms with van der Waals surface area (Å²) in [6, 6.07) is 13.7. The number of carbonyl (C=O) groups is 2. The summed E-state index contributed by atoms with van der Waals surface area (Å²) in [5, 5.41) is 0. The normalized spacial score (nSPS) is 21.2. The topological polar surface area (TPSA) is 46.6 Å². The monoisotopic (exact) mass is 363 g/mol. The summed E-state index contributed by atoms with van der Waals surface area (Å²) in [6.45, 7) is 3.63. The molecule has 1 spiro atoms. The van der Waals surface area contributed by atoms with Crippen LogP contribution >= 0.6 is 0 Å². The number of methoxy groups -OCH3 is 1. The lowest BCUT2D eigenvalue weighted by molar-refractivity contribution is 0.0600. The van der Waals surface area contributed by atoms with Gasteiger partial charge in [0.1, 0.15) is 0 Å². The average Bonchev–Trinajstić information content (AvgIpc) is 3.10. The third-order valence-electron chi connectivity index (χ3n) is 6.14. The molecule has 4 nitrogen and oxygen atoms in total. The van der Waals surface area contributed by atoms with Gasteiger partial charge in [-0.2, -0.15) is 0 Å². The van der Waals surface area contributed by atoms with E-state index in [1.165, 1.54) is 18.2 Å². The van der Waals surface area contributed by atoms with Crippen LogP contribution in [0.15, 0.2) is 42.5 Å². The molecule has 2 aromatic rings. The van der Waals surface area contributed by atoms with E-state index in [1.54, 1.807) is 0 Å². The average molecular weight is 363 g/mol. The zero-order chi connectivity index (χ0) is 19.0. The molecule has 4 rings (SSSR count). The lowest BCUT2D eigenvalue weighted by atomic mass is 9.71. The van der Waals surface area contributed by atoms with Crippen molar-refractivity contribution in [2.45, 2.75) is 32.6 Å². The van der Waals surface area contributed by atoms with Crippen molar-refractivity contribution in [1.29, 1.82) is 0 Å². The maximum absolute atomic E-state index is 12.9. The highest BCUT2D eigenvalue weighted by Crippen LogP contribution is 2.43. The summed E-state index contributed by atoms with van der Waals surface area (Å²) in [4.78, 5) is 26.7. The van der Waals surface area contributed by atoms with Gasteiger partial charge < -0.3 is 9.64 Å². The van der Waals surface area contributed by atoms with Crippen LogP contribution < -0.4 is 0 Å². The molecule has 0 aromatic heterocycles. The molecule has 140 valence electrons. The highest BCUT2D eigenvalue weighted by Gasteiger charge is 2.42. The van der Waals surface area contributed by atoms with Crippen molar-refractivity contribution in [1.82, 2.24) is 4.90 Å². The number of fused-ring (bicyclic) bond motifs is 1. The molecular weight excluding hydrogens is 338 g/mol. The number of likely N-dealkylation sites (tertiary alicyclic amines) is 1. The smallest absolute Gasteiger partial charge is 0.337 e. The molecule has 0 N–H and O–H groups in total. The van der Waals surface area contributed by atoms with E-state index >= 15 is 0 Å². The van der Waals surface area contributed by atoms with E-state index in [0.717, 1.165) is 49.9 Å². The predicted molar refractivity (Wildman–Crippen MR) is 104 cm³/mol. The lowest BCUT2D eigenvalue weighted by Crippen LogP contribution is -2.35. The fourth-order valence-corrected chi connectivity index (χ4v) is 4.51. The largest absolute Gasteiger partial charge is 0.465 e. The summed E-state index contributed by atoms with van der Waals surface area (Å²) in [6.07, 6.45) is 4.04. The van der Waals surface area contributed by atoms with Crippen LogP contribution in [0.1, 0.15) is 50.2 Å². The molecular formula is C23H25NO3. The molecule has 1 heterocycles. The summed E-state index contributed by atoms with van der Waals surface area (Å²) < 4.78 is 4.86. The zero-order valence-corrected chi connectivity index (χ0v) is 16.0. The Balaban J connectivity index is 1.52. The van der Waals surface area contributed by atoms with Gasteiger partial charge in [-0.25, -0.2) is 4.79 Å². The van der Waals surface area contributed by atoms with Crippen molar-refractivity contribution < 1.29 is 14.3 Å². The van der Waals surface area contributed by atoms with E-state index in [1.807, 2.05) is 48.2 Å². The van der Waals surface area contributed by atoms with Gasteiger partial charge >= 0.3 is 5.97 Å². The molecule has 1 fully saturated rings. The number of hydrogen-bond donors (Lipinski definition) is 0. The summed E-state index contributed by atoms with van der Waals surface area (Å²) in [5.41, 5.74) is 5.21. The van der Waals surface area contributed by atoms with Gasteiger partial charge in [0, 0.05) is 18.7 Å². The fourth-order valence-electron chi connectivity index (χ4n) is 4.51. The van der Waals surface area contributed by atoms with Gasteiger partial charge in [-0.05, 0) is 73.4 Å². The molecule has 1 amide bonds. The number of amides is 1. The fraction of sp³-hybridized carbons (Fsp3) is 0.391. The van der Waals surface area contributed by atoms with Crippen LogP contribution in [-0.4, -0.2) is 37.0 Å². The Morgan fingerprint density at radius 2 is 1.74 bits per heavy atom. The van der Waals surface area contributed by atoms with E-state index in [0.29, 0.717) is 5.56 Å². The van der Waals surface area contributed by atoms with Crippen LogP contribution in [0, 0.1) is 12.3 Å². The van der Waals surface area contributed by atoms with Gasteiger partial charge in [-0.15, -0.1) is 0 Å². The van der Waals surface area contributed by atoms with Gasteiger partial charge in [0.05, 0.1) is 12.7 Å². The first-order valence-electron chi connectivity index (χ1n) is 9.56. The minimum absolute atomic E-state index is 0.126. The molecule has 0 bridgehead atoms. The standard InChI is InChI=1S/C23H25NO3/c1-16-3-5-18(6-4-16)21(25)24-12-11-23(15-24)10-9-17-7-8-19(22(26)27-2)13-20(17)14-23/h3-8,13H,9-12,14-15H2,1-2H3. The number of ether oxygens (including phenoxy) is 1. The van der Waals surface area contributed by atoms with Crippen LogP contribution in [-0.2, 0) is 17.6 Å². The molecule has 1 atom stereocenters. The second kappa shape index (κ2) is 6.84. The summed E-state index contributed by atoms with van der Waals surface area (Å²) in [5.74, 6) is -0.166. The third-order valence-corrected chi connectivity index (χ3v) is 6.14. The molecule has 27 heavy (non-hydrogen) atoms. The SMILES string of the molecule is COC(=O)c1ccc2c(c1)CC1(CC2)CCN(C(=O)c2ccc(C)cc2)C1. The van der Waals surface area contributed by atoms with E-state index in [9.17, 15) is 9.59 Å². The Labute approximate surface area is 160 Å². The maximum Gasteiger partial charge on any atom is 0.337 e. The number of carbonyl (C=O) groups excluding carboxylic acids is 2. The van der Waals surface area contributed by atoms with Gasteiger partial charge in [0.15, 0.2) is 0 Å². The van der Waals surface area contributed by atoms with Crippen LogP contribution in [0.25, 0.3) is 0 Å². The quantitative estimate of drug-likeness (QED) is 0.763. The van der Waals surface area contributed by atoms with Crippen molar-refractivity contribution >= 4 is 11.9 Å². The molecule has 2 aliphatic rings. The lowest BCUT2D eigenvalue weighted by Gasteiger charge is -2.35. The minimum atomic E-state index is -0.292. The van der Waals surface area contributed by atoms with Gasteiger partial charge in [0.2, 0.25) is 0 Å². The molecule has 1 unspecified atom stereocenters. The van der Waals surface area contributed by atoms with Crippen LogP contribution in [0.5, 0.6) is 0 Å². The second-order valence-electron chi connectivity index (χ2n) is 7.99. The Kier molecular flexibility index (Phi) is 4.50. The molecule has 0 radical (unpaired) electrons. The van der Waals surface area contributed by atoms with Gasteiger partial charge in [-0.3, -0.25) is 4.79 Å². The number of hydrogen-bond acceptors (Lipinski definition) is 3. The molecule has 1 saturated heterocycles. The Bertz CT molecular complexity index is 887. The minimum Gasteiger partial charge on any atom is -0.465 e. The van der Waals surface area contributed by atoms with E-state index in [-0.39, 0.29) is 17.3 Å². The second-order valence-corrected chi connectivity index (χ2v) is 7.99. The third kappa shape index (κ3) is 3.36. The van der Waals surface area contributed by atoms with E-state index < -0.39 is 0 Å². The van der Waals surface area contributed by atoms with Gasteiger partial charge in [-0.1, -0.05) is 23.8 Å². The van der Waals surface area contributed by atoms with Crippen molar-refractivity contribution in [3.8, 4) is 0 Å². The molecule has 1 aliphatic carbocycles. The highest BCUT2D eigenvalue weighted by atomic mass is 16.5. The molecule has 0 saturated carbocycles. The maximum atomic E-state index is 12.9. The first-order chi connectivity index (χ1) is 13.0. The zero-order valence-electron chi connectivity index (χ0n) is 16.0. The highest BCUT2D eigenvalue weighted by molar-refractivity contribution is 5.94. The predicted octanol–water partition coefficient (Wildman–Crippen LogP) is 3.80. The first kappa shape index (κ1) is 17.8. The van der Waals surface area contributed by atoms with Crippen LogP contribution in [0.4, 0.5) is 0 Å². The van der Waals surface area contributed by atoms with E-state index in [2.05, 4.69) is 6.07 Å². The Hall–Kier alpha value is -2.62.